The average molecular weight is 372 g/mol. The van der Waals surface area contributed by atoms with Crippen molar-refractivity contribution in [1.29, 1.82) is 0 Å². The van der Waals surface area contributed by atoms with Crippen molar-refractivity contribution in [1.82, 2.24) is 14.9 Å². The molecule has 2 heterocycles. The highest BCUT2D eigenvalue weighted by Gasteiger charge is 2.17. The Morgan fingerprint density at radius 2 is 2.16 bits per heavy atom. The first-order chi connectivity index (χ1) is 12.0. The molecule has 6 heteroatoms. The summed E-state index contributed by atoms with van der Waals surface area (Å²) in [6.07, 6.45) is 3.70. The Morgan fingerprint density at radius 1 is 1.32 bits per heavy atom. The standard InChI is InChI=1S/C19H21N3OS2/c1-13-6-7-16(11-14(13)2)22-9-8-20-19(22)25-15(3)18(23)21-12-17-5-4-10-24-17/h4-11,15H,12H2,1-3H3,(H,21,23). The van der Waals surface area contributed by atoms with Crippen LogP contribution >= 0.6 is 23.1 Å². The predicted octanol–water partition coefficient (Wildman–Crippen LogP) is 4.35. The summed E-state index contributed by atoms with van der Waals surface area (Å²) in [7, 11) is 0. The molecule has 0 spiro atoms. The first kappa shape index (κ1) is 17.8. The summed E-state index contributed by atoms with van der Waals surface area (Å²) in [4.78, 5) is 17.9. The van der Waals surface area contributed by atoms with Crippen LogP contribution in [0.4, 0.5) is 0 Å². The number of carbonyl (C=O) groups is 1. The number of benzene rings is 1. The van der Waals surface area contributed by atoms with Crippen molar-refractivity contribution >= 4 is 29.0 Å². The zero-order valence-corrected chi connectivity index (χ0v) is 16.2. The molecule has 0 saturated heterocycles. The third-order valence-electron chi connectivity index (χ3n) is 4.04. The van der Waals surface area contributed by atoms with Crippen LogP contribution in [-0.4, -0.2) is 20.7 Å². The van der Waals surface area contributed by atoms with Gasteiger partial charge in [0.25, 0.3) is 0 Å². The maximum Gasteiger partial charge on any atom is 0.233 e. The summed E-state index contributed by atoms with van der Waals surface area (Å²) in [6.45, 7) is 6.69. The first-order valence-corrected chi connectivity index (χ1v) is 9.88. The molecule has 1 atom stereocenters. The molecule has 2 aromatic heterocycles. The van der Waals surface area contributed by atoms with Gasteiger partial charge in [-0.3, -0.25) is 9.36 Å². The number of nitrogens with one attached hydrogen (secondary N) is 1. The van der Waals surface area contributed by atoms with Crippen molar-refractivity contribution in [3.05, 3.63) is 64.1 Å². The lowest BCUT2D eigenvalue weighted by Gasteiger charge is -2.13. The fourth-order valence-electron chi connectivity index (χ4n) is 2.39. The van der Waals surface area contributed by atoms with E-state index in [1.807, 2.05) is 35.2 Å². The summed E-state index contributed by atoms with van der Waals surface area (Å²) < 4.78 is 2.03. The van der Waals surface area contributed by atoms with Gasteiger partial charge in [-0.15, -0.1) is 11.3 Å². The van der Waals surface area contributed by atoms with Crippen LogP contribution in [0.25, 0.3) is 5.69 Å². The van der Waals surface area contributed by atoms with E-state index in [1.165, 1.54) is 22.9 Å². The highest BCUT2D eigenvalue weighted by Crippen LogP contribution is 2.25. The molecule has 0 bridgehead atoms. The van der Waals surface area contributed by atoms with E-state index in [9.17, 15) is 4.79 Å². The zero-order valence-electron chi connectivity index (χ0n) is 14.5. The van der Waals surface area contributed by atoms with Gasteiger partial charge in [0, 0.05) is 23.0 Å². The highest BCUT2D eigenvalue weighted by molar-refractivity contribution is 8.00. The van der Waals surface area contributed by atoms with Gasteiger partial charge in [-0.2, -0.15) is 0 Å². The second kappa shape index (κ2) is 7.89. The molecule has 1 aromatic carbocycles. The van der Waals surface area contributed by atoms with Crippen molar-refractivity contribution in [3.8, 4) is 5.69 Å². The number of imidazole rings is 1. The number of hydrogen-bond donors (Lipinski definition) is 1. The molecule has 4 nitrogen and oxygen atoms in total. The summed E-state index contributed by atoms with van der Waals surface area (Å²) in [6, 6.07) is 10.3. The zero-order chi connectivity index (χ0) is 17.8. The smallest absolute Gasteiger partial charge is 0.233 e. The Kier molecular flexibility index (Phi) is 5.60. The minimum absolute atomic E-state index is 0.0213. The lowest BCUT2D eigenvalue weighted by molar-refractivity contribution is -0.120. The molecule has 1 unspecified atom stereocenters. The molecule has 1 amide bonds. The third kappa shape index (κ3) is 4.32. The molecule has 1 N–H and O–H groups in total. The second-order valence-corrected chi connectivity index (χ2v) is 8.25. The third-order valence-corrected chi connectivity index (χ3v) is 6.00. The summed E-state index contributed by atoms with van der Waals surface area (Å²) in [5, 5.41) is 5.61. The van der Waals surface area contributed by atoms with Crippen molar-refractivity contribution in [2.45, 2.75) is 37.7 Å². The first-order valence-electron chi connectivity index (χ1n) is 8.12. The van der Waals surface area contributed by atoms with E-state index >= 15 is 0 Å². The van der Waals surface area contributed by atoms with Crippen LogP contribution in [0.15, 0.2) is 53.3 Å². The largest absolute Gasteiger partial charge is 0.350 e. The number of carbonyl (C=O) groups excluding carboxylic acids is 1. The Balaban J connectivity index is 1.67. The molecular weight excluding hydrogens is 350 g/mol. The van der Waals surface area contributed by atoms with Crippen LogP contribution < -0.4 is 5.32 Å². The number of rotatable bonds is 6. The van der Waals surface area contributed by atoms with Gasteiger partial charge in [-0.05, 0) is 55.5 Å². The van der Waals surface area contributed by atoms with Crippen LogP contribution in [-0.2, 0) is 11.3 Å². The number of amides is 1. The lowest BCUT2D eigenvalue weighted by atomic mass is 10.1. The molecule has 130 valence electrons. The normalized spacial score (nSPS) is 12.1. The highest BCUT2D eigenvalue weighted by atomic mass is 32.2. The number of thiophene rings is 1. The van der Waals surface area contributed by atoms with Crippen LogP contribution in [0.5, 0.6) is 0 Å². The van der Waals surface area contributed by atoms with Gasteiger partial charge in [0.05, 0.1) is 11.8 Å². The Morgan fingerprint density at radius 3 is 2.88 bits per heavy atom. The van der Waals surface area contributed by atoms with E-state index in [-0.39, 0.29) is 11.2 Å². The van der Waals surface area contributed by atoms with Crippen molar-refractivity contribution in [2.75, 3.05) is 0 Å². The Hall–Kier alpha value is -2.05. The quantitative estimate of drug-likeness (QED) is 0.656. The Labute approximate surface area is 156 Å². The number of hydrogen-bond acceptors (Lipinski definition) is 4. The molecule has 0 fully saturated rings. The summed E-state index contributed by atoms with van der Waals surface area (Å²) in [5.41, 5.74) is 3.57. The van der Waals surface area contributed by atoms with E-state index < -0.39 is 0 Å². The number of thioether (sulfide) groups is 1. The SMILES string of the molecule is Cc1ccc(-n2ccnc2SC(C)C(=O)NCc2cccs2)cc1C. The van der Waals surface area contributed by atoms with Crippen LogP contribution in [0, 0.1) is 13.8 Å². The van der Waals surface area contributed by atoms with Gasteiger partial charge in [-0.1, -0.05) is 23.9 Å². The predicted molar refractivity (Wildman–Crippen MR) is 105 cm³/mol. The summed E-state index contributed by atoms with van der Waals surface area (Å²) >= 11 is 3.12. The van der Waals surface area contributed by atoms with Gasteiger partial charge >= 0.3 is 0 Å². The maximum atomic E-state index is 12.3. The molecule has 25 heavy (non-hydrogen) atoms. The van der Waals surface area contributed by atoms with Gasteiger partial charge < -0.3 is 5.32 Å². The molecule has 0 aliphatic rings. The minimum atomic E-state index is -0.215. The van der Waals surface area contributed by atoms with E-state index in [1.54, 1.807) is 17.5 Å². The molecule has 0 aliphatic heterocycles. The average Bonchev–Trinajstić information content (AvgIpc) is 3.27. The van der Waals surface area contributed by atoms with Crippen molar-refractivity contribution < 1.29 is 4.79 Å². The maximum absolute atomic E-state index is 12.3. The molecule has 0 aliphatic carbocycles. The van der Waals surface area contributed by atoms with Crippen molar-refractivity contribution in [3.63, 3.8) is 0 Å². The number of nitrogens with zero attached hydrogens (tertiary/aromatic N) is 2. The molecule has 3 rings (SSSR count). The summed E-state index contributed by atoms with van der Waals surface area (Å²) in [5.74, 6) is 0.0213. The second-order valence-electron chi connectivity index (χ2n) is 5.91. The molecule has 3 aromatic rings. The van der Waals surface area contributed by atoms with Crippen LogP contribution in [0.2, 0.25) is 0 Å². The van der Waals surface area contributed by atoms with E-state index in [0.29, 0.717) is 6.54 Å². The van der Waals surface area contributed by atoms with E-state index in [2.05, 4.69) is 42.3 Å². The topological polar surface area (TPSA) is 46.9 Å². The number of aromatic nitrogens is 2. The lowest BCUT2D eigenvalue weighted by Crippen LogP contribution is -2.30. The Bertz CT molecular complexity index is 855. The minimum Gasteiger partial charge on any atom is -0.350 e. The monoisotopic (exact) mass is 371 g/mol. The van der Waals surface area contributed by atoms with E-state index in [0.717, 1.165) is 15.7 Å². The van der Waals surface area contributed by atoms with Gasteiger partial charge in [0.15, 0.2) is 5.16 Å². The van der Waals surface area contributed by atoms with Crippen LogP contribution in [0.1, 0.15) is 22.9 Å². The van der Waals surface area contributed by atoms with E-state index in [4.69, 9.17) is 0 Å². The molecule has 0 radical (unpaired) electrons. The van der Waals surface area contributed by atoms with Crippen LogP contribution in [0.3, 0.4) is 0 Å². The molecular formula is C19H21N3OS2. The van der Waals surface area contributed by atoms with Crippen molar-refractivity contribution in [2.24, 2.45) is 0 Å². The van der Waals surface area contributed by atoms with Gasteiger partial charge in [0.2, 0.25) is 5.91 Å². The molecule has 0 saturated carbocycles. The fourth-order valence-corrected chi connectivity index (χ4v) is 3.94. The van der Waals surface area contributed by atoms with Gasteiger partial charge in [-0.25, -0.2) is 4.98 Å². The fraction of sp³-hybridized carbons (Fsp3) is 0.263. The van der Waals surface area contributed by atoms with Gasteiger partial charge in [0.1, 0.15) is 0 Å². The number of aryl methyl sites for hydroxylation is 2.